The van der Waals surface area contributed by atoms with Gasteiger partial charge in [0.15, 0.2) is 0 Å². The highest BCUT2D eigenvalue weighted by Gasteiger charge is 1.98. The molecule has 0 radical (unpaired) electrons. The molecule has 25 heavy (non-hydrogen) atoms. The highest BCUT2D eigenvalue weighted by atomic mass is 16.5. The zero-order valence-electron chi connectivity index (χ0n) is 17.0. The second kappa shape index (κ2) is 16.5. The summed E-state index contributed by atoms with van der Waals surface area (Å²) in [6, 6.07) is 8.30. The van der Waals surface area contributed by atoms with Gasteiger partial charge in [0.2, 0.25) is 0 Å². The van der Waals surface area contributed by atoms with Gasteiger partial charge in [-0.1, -0.05) is 115 Å². The van der Waals surface area contributed by atoms with Crippen LogP contribution in [0.15, 0.2) is 24.3 Å². The van der Waals surface area contributed by atoms with Crippen molar-refractivity contribution in [3.8, 4) is 5.75 Å². The van der Waals surface area contributed by atoms with Crippen molar-refractivity contribution in [2.24, 2.45) is 0 Å². The zero-order chi connectivity index (χ0) is 18.0. The Morgan fingerprint density at radius 3 is 1.52 bits per heavy atom. The first kappa shape index (κ1) is 22.1. The number of unbranched alkanes of at least 4 members (excludes halogenated alkanes) is 14. The summed E-state index contributed by atoms with van der Waals surface area (Å²) >= 11 is 0. The molecule has 0 aliphatic heterocycles. The van der Waals surface area contributed by atoms with Crippen molar-refractivity contribution >= 4 is 0 Å². The van der Waals surface area contributed by atoms with Crippen molar-refractivity contribution in [2.45, 2.75) is 110 Å². The van der Waals surface area contributed by atoms with Crippen LogP contribution >= 0.6 is 0 Å². The number of hydrogen-bond acceptors (Lipinski definition) is 1. The second-order valence-electron chi connectivity index (χ2n) is 7.56. The molecule has 0 fully saturated rings. The maximum absolute atomic E-state index is 5.85. The minimum Gasteiger partial charge on any atom is -0.493 e. The Morgan fingerprint density at radius 2 is 1.04 bits per heavy atom. The molecule has 0 aliphatic rings. The number of rotatable bonds is 17. The van der Waals surface area contributed by atoms with Crippen molar-refractivity contribution in [1.82, 2.24) is 0 Å². The molecule has 0 bridgehead atoms. The third-order valence-corrected chi connectivity index (χ3v) is 5.10. The van der Waals surface area contributed by atoms with Gasteiger partial charge in [-0.2, -0.15) is 0 Å². The van der Waals surface area contributed by atoms with E-state index in [-0.39, 0.29) is 0 Å². The van der Waals surface area contributed by atoms with Crippen LogP contribution in [0, 0.1) is 6.92 Å². The van der Waals surface area contributed by atoms with Gasteiger partial charge >= 0.3 is 0 Å². The summed E-state index contributed by atoms with van der Waals surface area (Å²) in [7, 11) is 0. The fraction of sp³-hybridized carbons (Fsp3) is 0.750. The molecule has 0 amide bonds. The third kappa shape index (κ3) is 13.0. The predicted octanol–water partition coefficient (Wildman–Crippen LogP) is 8.25. The number of aryl methyl sites for hydroxylation is 1. The molecule has 0 aromatic heterocycles. The van der Waals surface area contributed by atoms with Crippen LogP contribution in [0.1, 0.15) is 109 Å². The van der Waals surface area contributed by atoms with E-state index in [4.69, 9.17) is 4.74 Å². The third-order valence-electron chi connectivity index (χ3n) is 5.10. The van der Waals surface area contributed by atoms with Gasteiger partial charge in [0.25, 0.3) is 0 Å². The Morgan fingerprint density at radius 1 is 0.600 bits per heavy atom. The molecule has 0 heterocycles. The van der Waals surface area contributed by atoms with E-state index in [0.717, 1.165) is 12.4 Å². The standard InChI is InChI=1S/C24H42O/c1-3-4-5-6-7-8-9-10-11-12-13-14-15-16-19-22-25-24-21-18-17-20-23(24)2/h17-18,20-21H,3-16,19,22H2,1-2H3. The summed E-state index contributed by atoms with van der Waals surface area (Å²) in [5.41, 5.74) is 1.24. The molecule has 1 heteroatoms. The van der Waals surface area contributed by atoms with Crippen LogP contribution < -0.4 is 4.74 Å². The minimum absolute atomic E-state index is 0.864. The van der Waals surface area contributed by atoms with Gasteiger partial charge < -0.3 is 4.74 Å². The first-order valence-corrected chi connectivity index (χ1v) is 11.0. The Bertz CT molecular complexity index is 399. The van der Waals surface area contributed by atoms with Crippen molar-refractivity contribution in [1.29, 1.82) is 0 Å². The first-order valence-electron chi connectivity index (χ1n) is 11.0. The lowest BCUT2D eigenvalue weighted by Gasteiger charge is -2.08. The van der Waals surface area contributed by atoms with Crippen LogP contribution in [-0.2, 0) is 0 Å². The Hall–Kier alpha value is -0.980. The average Bonchev–Trinajstić information content (AvgIpc) is 2.63. The number of benzene rings is 1. The normalized spacial score (nSPS) is 11.0. The lowest BCUT2D eigenvalue weighted by Crippen LogP contribution is -1.98. The predicted molar refractivity (Wildman–Crippen MR) is 112 cm³/mol. The summed E-state index contributed by atoms with van der Waals surface area (Å²) in [5, 5.41) is 0. The van der Waals surface area contributed by atoms with E-state index < -0.39 is 0 Å². The molecule has 1 nitrogen and oxygen atoms in total. The molecule has 0 unspecified atom stereocenters. The highest BCUT2D eigenvalue weighted by Crippen LogP contribution is 2.17. The van der Waals surface area contributed by atoms with Gasteiger partial charge in [0.1, 0.15) is 5.75 Å². The van der Waals surface area contributed by atoms with Crippen molar-refractivity contribution in [3.05, 3.63) is 29.8 Å². The molecule has 1 aromatic rings. The van der Waals surface area contributed by atoms with Gasteiger partial charge in [-0.15, -0.1) is 0 Å². The number of para-hydroxylation sites is 1. The maximum atomic E-state index is 5.85. The van der Waals surface area contributed by atoms with E-state index in [1.54, 1.807) is 0 Å². The molecule has 0 atom stereocenters. The van der Waals surface area contributed by atoms with Crippen molar-refractivity contribution in [2.75, 3.05) is 6.61 Å². The Labute approximate surface area is 157 Å². The molecule has 0 spiro atoms. The van der Waals surface area contributed by atoms with Crippen molar-refractivity contribution in [3.63, 3.8) is 0 Å². The molecule has 0 N–H and O–H groups in total. The number of hydrogen-bond donors (Lipinski definition) is 0. The summed E-state index contributed by atoms with van der Waals surface area (Å²) in [5.74, 6) is 1.05. The molecule has 0 saturated carbocycles. The first-order chi connectivity index (χ1) is 12.3. The van der Waals surface area contributed by atoms with Crippen LogP contribution in [0.5, 0.6) is 5.75 Å². The van der Waals surface area contributed by atoms with Gasteiger partial charge in [-0.05, 0) is 25.0 Å². The SMILES string of the molecule is CCCCCCCCCCCCCCCCCOc1ccccc1C. The molecular weight excluding hydrogens is 304 g/mol. The summed E-state index contributed by atoms with van der Waals surface area (Å²) in [6.45, 7) is 5.27. The molecule has 1 rings (SSSR count). The summed E-state index contributed by atoms with van der Waals surface area (Å²) < 4.78 is 5.85. The van der Waals surface area contributed by atoms with Gasteiger partial charge in [-0.3, -0.25) is 0 Å². The van der Waals surface area contributed by atoms with E-state index in [1.165, 1.54) is 102 Å². The van der Waals surface area contributed by atoms with E-state index in [9.17, 15) is 0 Å². The smallest absolute Gasteiger partial charge is 0.122 e. The molecule has 1 aromatic carbocycles. The molecular formula is C24H42O. The minimum atomic E-state index is 0.864. The highest BCUT2D eigenvalue weighted by molar-refractivity contribution is 5.31. The molecule has 144 valence electrons. The van der Waals surface area contributed by atoms with E-state index in [1.807, 2.05) is 0 Å². The van der Waals surface area contributed by atoms with Crippen molar-refractivity contribution < 1.29 is 4.74 Å². The van der Waals surface area contributed by atoms with E-state index >= 15 is 0 Å². The Kier molecular flexibility index (Phi) is 14.5. The topological polar surface area (TPSA) is 9.23 Å². The average molecular weight is 347 g/mol. The van der Waals surface area contributed by atoms with Crippen LogP contribution in [0.4, 0.5) is 0 Å². The maximum Gasteiger partial charge on any atom is 0.122 e. The summed E-state index contributed by atoms with van der Waals surface area (Å²) in [6.07, 6.45) is 21.1. The largest absolute Gasteiger partial charge is 0.493 e. The van der Waals surface area contributed by atoms with Gasteiger partial charge in [-0.25, -0.2) is 0 Å². The zero-order valence-corrected chi connectivity index (χ0v) is 17.0. The number of ether oxygens (including phenoxy) is 1. The van der Waals surface area contributed by atoms with Crippen LogP contribution in [-0.4, -0.2) is 6.61 Å². The van der Waals surface area contributed by atoms with Crippen LogP contribution in [0.2, 0.25) is 0 Å². The lowest BCUT2D eigenvalue weighted by molar-refractivity contribution is 0.302. The Balaban J connectivity index is 1.75. The fourth-order valence-corrected chi connectivity index (χ4v) is 3.37. The monoisotopic (exact) mass is 346 g/mol. The molecule has 0 aliphatic carbocycles. The van der Waals surface area contributed by atoms with E-state index in [0.29, 0.717) is 0 Å². The van der Waals surface area contributed by atoms with Crippen LogP contribution in [0.25, 0.3) is 0 Å². The van der Waals surface area contributed by atoms with Gasteiger partial charge in [0, 0.05) is 0 Å². The van der Waals surface area contributed by atoms with Gasteiger partial charge in [0.05, 0.1) is 6.61 Å². The quantitative estimate of drug-likeness (QED) is 0.258. The van der Waals surface area contributed by atoms with E-state index in [2.05, 4.69) is 38.1 Å². The van der Waals surface area contributed by atoms with Crippen LogP contribution in [0.3, 0.4) is 0 Å². The summed E-state index contributed by atoms with van der Waals surface area (Å²) in [4.78, 5) is 0. The fourth-order valence-electron chi connectivity index (χ4n) is 3.37. The molecule has 0 saturated heterocycles. The second-order valence-corrected chi connectivity index (χ2v) is 7.56. The lowest BCUT2D eigenvalue weighted by atomic mass is 10.0.